The highest BCUT2D eigenvalue weighted by Gasteiger charge is 2.12. The average Bonchev–Trinajstić information content (AvgIpc) is 2.53. The quantitative estimate of drug-likeness (QED) is 0.700. The van der Waals surface area contributed by atoms with Crippen molar-refractivity contribution >= 4 is 28.0 Å². The molecule has 0 bridgehead atoms. The molecule has 1 aromatic heterocycles. The maximum absolute atomic E-state index is 6.34. The Labute approximate surface area is 136 Å². The summed E-state index contributed by atoms with van der Waals surface area (Å²) in [5, 5.41) is 4.43. The first-order valence-electron chi connectivity index (χ1n) is 7.57. The number of hydrogen-bond acceptors (Lipinski definition) is 4. The third-order valence-corrected chi connectivity index (χ3v) is 4.02. The van der Waals surface area contributed by atoms with Crippen molar-refractivity contribution in [3.05, 3.63) is 53.2 Å². The first kappa shape index (κ1) is 15.2. The van der Waals surface area contributed by atoms with Gasteiger partial charge in [-0.05, 0) is 62.2 Å². The molecule has 1 heterocycles. The number of nitrogens with one attached hydrogen (secondary N) is 1. The Hall–Kier alpha value is -2.75. The summed E-state index contributed by atoms with van der Waals surface area (Å²) in [7, 11) is 1.66. The monoisotopic (exact) mass is 307 g/mol. The Morgan fingerprint density at radius 3 is 2.35 bits per heavy atom. The van der Waals surface area contributed by atoms with E-state index >= 15 is 0 Å². The number of aromatic nitrogens is 1. The molecule has 4 heteroatoms. The minimum Gasteiger partial charge on any atom is -0.497 e. The van der Waals surface area contributed by atoms with Gasteiger partial charge in [0.2, 0.25) is 0 Å². The van der Waals surface area contributed by atoms with E-state index in [0.29, 0.717) is 0 Å². The smallest absolute Gasteiger partial charge is 0.119 e. The van der Waals surface area contributed by atoms with E-state index in [1.54, 1.807) is 7.11 Å². The Morgan fingerprint density at radius 2 is 1.70 bits per heavy atom. The fourth-order valence-electron chi connectivity index (χ4n) is 2.83. The molecule has 2 aromatic carbocycles. The summed E-state index contributed by atoms with van der Waals surface area (Å²) in [4.78, 5) is 4.67. The molecule has 0 saturated heterocycles. The lowest BCUT2D eigenvalue weighted by molar-refractivity contribution is 0.415. The number of nitrogen functional groups attached to an aromatic ring is 1. The van der Waals surface area contributed by atoms with Crippen molar-refractivity contribution in [2.24, 2.45) is 0 Å². The first-order chi connectivity index (χ1) is 11.0. The zero-order valence-electron chi connectivity index (χ0n) is 13.9. The van der Waals surface area contributed by atoms with E-state index in [9.17, 15) is 0 Å². The topological polar surface area (TPSA) is 60.2 Å². The molecule has 0 aliphatic carbocycles. The summed E-state index contributed by atoms with van der Waals surface area (Å²) in [6, 6.07) is 11.9. The standard InChI is InChI=1S/C19H21N3O/c1-11-9-12(2)19-17(18(11)20)16(10-13(3)21-19)22-14-5-7-15(23-4)8-6-14/h5-10H,20H2,1-4H3,(H,21,22). The van der Waals surface area contributed by atoms with Gasteiger partial charge in [0.25, 0.3) is 0 Å². The number of pyridine rings is 1. The van der Waals surface area contributed by atoms with Gasteiger partial charge in [0, 0.05) is 22.5 Å². The molecular formula is C19H21N3O. The minimum atomic E-state index is 0.772. The summed E-state index contributed by atoms with van der Waals surface area (Å²) in [5.74, 6) is 0.831. The van der Waals surface area contributed by atoms with Crippen molar-refractivity contribution in [2.45, 2.75) is 20.8 Å². The first-order valence-corrected chi connectivity index (χ1v) is 7.57. The Kier molecular flexibility index (Phi) is 3.82. The van der Waals surface area contributed by atoms with Crippen molar-refractivity contribution in [2.75, 3.05) is 18.2 Å². The number of rotatable bonds is 3. The Morgan fingerprint density at radius 1 is 1.00 bits per heavy atom. The second-order valence-electron chi connectivity index (χ2n) is 5.81. The predicted molar refractivity (Wildman–Crippen MR) is 96.6 cm³/mol. The second-order valence-corrected chi connectivity index (χ2v) is 5.81. The number of ether oxygens (including phenoxy) is 1. The number of nitrogens with two attached hydrogens (primary N) is 1. The number of anilines is 3. The van der Waals surface area contributed by atoms with Crippen molar-refractivity contribution in [1.82, 2.24) is 4.98 Å². The molecule has 23 heavy (non-hydrogen) atoms. The van der Waals surface area contributed by atoms with Crippen molar-refractivity contribution in [3.8, 4) is 5.75 Å². The summed E-state index contributed by atoms with van der Waals surface area (Å²) in [6.45, 7) is 6.09. The van der Waals surface area contributed by atoms with Crippen LogP contribution in [0.25, 0.3) is 10.9 Å². The van der Waals surface area contributed by atoms with E-state index in [2.05, 4.69) is 23.3 Å². The lowest BCUT2D eigenvalue weighted by Crippen LogP contribution is -2.01. The van der Waals surface area contributed by atoms with Crippen LogP contribution in [0.1, 0.15) is 16.8 Å². The van der Waals surface area contributed by atoms with Crippen LogP contribution >= 0.6 is 0 Å². The van der Waals surface area contributed by atoms with E-state index in [1.807, 2.05) is 44.2 Å². The van der Waals surface area contributed by atoms with Gasteiger partial charge in [0.05, 0.1) is 18.3 Å². The molecule has 3 aromatic rings. The molecule has 0 atom stereocenters. The third-order valence-electron chi connectivity index (χ3n) is 4.02. The molecule has 3 rings (SSSR count). The summed E-state index contributed by atoms with van der Waals surface area (Å²) in [5.41, 5.74) is 13.2. The lowest BCUT2D eigenvalue weighted by Gasteiger charge is -2.16. The van der Waals surface area contributed by atoms with Crippen LogP contribution in [0.2, 0.25) is 0 Å². The van der Waals surface area contributed by atoms with Crippen LogP contribution in [0.5, 0.6) is 5.75 Å². The fraction of sp³-hybridized carbons (Fsp3) is 0.211. The van der Waals surface area contributed by atoms with Gasteiger partial charge in [0.1, 0.15) is 5.75 Å². The predicted octanol–water partition coefficient (Wildman–Crippen LogP) is 4.49. The molecule has 0 unspecified atom stereocenters. The molecule has 0 amide bonds. The largest absolute Gasteiger partial charge is 0.497 e. The van der Waals surface area contributed by atoms with Crippen LogP contribution in [0.4, 0.5) is 17.1 Å². The van der Waals surface area contributed by atoms with Gasteiger partial charge < -0.3 is 15.8 Å². The number of nitrogens with zero attached hydrogens (tertiary/aromatic N) is 1. The van der Waals surface area contributed by atoms with E-state index in [4.69, 9.17) is 10.5 Å². The van der Waals surface area contributed by atoms with E-state index in [0.717, 1.165) is 50.5 Å². The highest BCUT2D eigenvalue weighted by atomic mass is 16.5. The summed E-state index contributed by atoms with van der Waals surface area (Å²) in [6.07, 6.45) is 0. The van der Waals surface area contributed by atoms with Crippen LogP contribution in [0.3, 0.4) is 0 Å². The third kappa shape index (κ3) is 2.80. The summed E-state index contributed by atoms with van der Waals surface area (Å²) >= 11 is 0. The van der Waals surface area contributed by atoms with Crippen LogP contribution < -0.4 is 15.8 Å². The zero-order chi connectivity index (χ0) is 16.6. The lowest BCUT2D eigenvalue weighted by atomic mass is 10.0. The number of benzene rings is 2. The van der Waals surface area contributed by atoms with Crippen LogP contribution in [-0.4, -0.2) is 12.1 Å². The number of aryl methyl sites for hydroxylation is 3. The maximum Gasteiger partial charge on any atom is 0.119 e. The van der Waals surface area contributed by atoms with Crippen LogP contribution in [-0.2, 0) is 0 Å². The fourth-order valence-corrected chi connectivity index (χ4v) is 2.83. The highest BCUT2D eigenvalue weighted by molar-refractivity contribution is 6.04. The molecule has 118 valence electrons. The van der Waals surface area contributed by atoms with Gasteiger partial charge in [-0.15, -0.1) is 0 Å². The average molecular weight is 307 g/mol. The van der Waals surface area contributed by atoms with Gasteiger partial charge in [0.15, 0.2) is 0 Å². The number of fused-ring (bicyclic) bond motifs is 1. The maximum atomic E-state index is 6.34. The van der Waals surface area contributed by atoms with Crippen molar-refractivity contribution in [3.63, 3.8) is 0 Å². The summed E-state index contributed by atoms with van der Waals surface area (Å²) < 4.78 is 5.20. The van der Waals surface area contributed by atoms with Crippen LogP contribution in [0, 0.1) is 20.8 Å². The number of methoxy groups -OCH3 is 1. The molecule has 0 aliphatic heterocycles. The van der Waals surface area contributed by atoms with E-state index in [1.165, 1.54) is 0 Å². The SMILES string of the molecule is COc1ccc(Nc2cc(C)nc3c(C)cc(C)c(N)c23)cc1. The van der Waals surface area contributed by atoms with Crippen LogP contribution in [0.15, 0.2) is 36.4 Å². The molecule has 0 radical (unpaired) electrons. The molecule has 0 saturated carbocycles. The molecule has 0 spiro atoms. The normalized spacial score (nSPS) is 10.8. The minimum absolute atomic E-state index is 0.772. The molecule has 0 aliphatic rings. The van der Waals surface area contributed by atoms with E-state index < -0.39 is 0 Å². The molecule has 0 fully saturated rings. The van der Waals surface area contributed by atoms with E-state index in [-0.39, 0.29) is 0 Å². The molecular weight excluding hydrogens is 286 g/mol. The van der Waals surface area contributed by atoms with Gasteiger partial charge >= 0.3 is 0 Å². The van der Waals surface area contributed by atoms with Gasteiger partial charge in [-0.3, -0.25) is 4.98 Å². The second kappa shape index (κ2) is 5.80. The molecule has 3 N–H and O–H groups in total. The Balaban J connectivity index is 2.15. The van der Waals surface area contributed by atoms with Gasteiger partial charge in [-0.1, -0.05) is 6.07 Å². The zero-order valence-corrected chi connectivity index (χ0v) is 13.9. The highest BCUT2D eigenvalue weighted by Crippen LogP contribution is 2.35. The van der Waals surface area contributed by atoms with Crippen molar-refractivity contribution < 1.29 is 4.74 Å². The Bertz CT molecular complexity index is 870. The van der Waals surface area contributed by atoms with Gasteiger partial charge in [-0.2, -0.15) is 0 Å². The number of hydrogen-bond donors (Lipinski definition) is 2. The van der Waals surface area contributed by atoms with Crippen molar-refractivity contribution in [1.29, 1.82) is 0 Å². The molecule has 4 nitrogen and oxygen atoms in total. The van der Waals surface area contributed by atoms with Gasteiger partial charge in [-0.25, -0.2) is 0 Å².